The summed E-state index contributed by atoms with van der Waals surface area (Å²) in [4.78, 5) is 12.7. The molecule has 1 aromatic heterocycles. The van der Waals surface area contributed by atoms with Gasteiger partial charge in [-0.3, -0.25) is 4.79 Å². The van der Waals surface area contributed by atoms with E-state index >= 15 is 0 Å². The van der Waals surface area contributed by atoms with E-state index in [9.17, 15) is 4.79 Å². The van der Waals surface area contributed by atoms with Crippen LogP contribution < -0.4 is 5.32 Å². The predicted octanol–water partition coefficient (Wildman–Crippen LogP) is 3.69. The van der Waals surface area contributed by atoms with Crippen molar-refractivity contribution in [3.8, 4) is 0 Å². The average molecular weight is 311 g/mol. The van der Waals surface area contributed by atoms with Gasteiger partial charge in [-0.05, 0) is 25.5 Å². The SMILES string of the molecule is CC(Br)CC(C)NC(=O)c1ccc(Cl)s1. The molecule has 0 saturated heterocycles. The lowest BCUT2D eigenvalue weighted by molar-refractivity contribution is 0.0943. The second-order valence-corrected chi connectivity index (χ2v) is 6.77. The minimum Gasteiger partial charge on any atom is -0.349 e. The maximum absolute atomic E-state index is 11.7. The standard InChI is InChI=1S/C10H13BrClNOS/c1-6(11)5-7(2)13-10(14)8-3-4-9(12)15-8/h3-4,6-7H,5H2,1-2H3,(H,13,14). The number of thiophene rings is 1. The third-order valence-electron chi connectivity index (χ3n) is 1.85. The molecule has 0 fully saturated rings. The van der Waals surface area contributed by atoms with E-state index in [4.69, 9.17) is 11.6 Å². The molecule has 5 heteroatoms. The summed E-state index contributed by atoms with van der Waals surface area (Å²) in [7, 11) is 0. The van der Waals surface area contributed by atoms with Gasteiger partial charge in [0.2, 0.25) is 0 Å². The lowest BCUT2D eigenvalue weighted by Gasteiger charge is -2.14. The highest BCUT2D eigenvalue weighted by Crippen LogP contribution is 2.21. The number of carbonyl (C=O) groups excluding carboxylic acids is 1. The summed E-state index contributed by atoms with van der Waals surface area (Å²) in [6.45, 7) is 4.05. The Kier molecular flexibility index (Phi) is 5.09. The van der Waals surface area contributed by atoms with Gasteiger partial charge >= 0.3 is 0 Å². The fourth-order valence-corrected chi connectivity index (χ4v) is 2.78. The second-order valence-electron chi connectivity index (χ2n) is 3.49. The molecule has 2 unspecified atom stereocenters. The van der Waals surface area contributed by atoms with Gasteiger partial charge in [0.05, 0.1) is 9.21 Å². The Morgan fingerprint density at radius 3 is 2.73 bits per heavy atom. The van der Waals surface area contributed by atoms with Crippen molar-refractivity contribution >= 4 is 44.8 Å². The molecule has 1 aromatic rings. The van der Waals surface area contributed by atoms with Crippen LogP contribution in [0.4, 0.5) is 0 Å². The summed E-state index contributed by atoms with van der Waals surface area (Å²) in [5, 5.41) is 2.92. The quantitative estimate of drug-likeness (QED) is 0.844. The fraction of sp³-hybridized carbons (Fsp3) is 0.500. The molecule has 1 heterocycles. The van der Waals surface area contributed by atoms with Crippen LogP contribution in [0.5, 0.6) is 0 Å². The van der Waals surface area contributed by atoms with Crippen LogP contribution in [0.3, 0.4) is 0 Å². The molecule has 0 spiro atoms. The second kappa shape index (κ2) is 5.87. The van der Waals surface area contributed by atoms with E-state index in [0.717, 1.165) is 6.42 Å². The molecule has 0 radical (unpaired) electrons. The summed E-state index contributed by atoms with van der Waals surface area (Å²) in [5.74, 6) is -0.0486. The Balaban J connectivity index is 2.49. The molecule has 0 saturated carbocycles. The number of carbonyl (C=O) groups is 1. The molecular formula is C10H13BrClNOS. The van der Waals surface area contributed by atoms with Gasteiger partial charge in [0.15, 0.2) is 0 Å². The maximum Gasteiger partial charge on any atom is 0.261 e. The van der Waals surface area contributed by atoms with Crippen molar-refractivity contribution in [2.24, 2.45) is 0 Å². The highest BCUT2D eigenvalue weighted by Gasteiger charge is 2.12. The number of amides is 1. The molecule has 0 aliphatic heterocycles. The molecule has 84 valence electrons. The predicted molar refractivity (Wildman–Crippen MR) is 69.3 cm³/mol. The Morgan fingerprint density at radius 2 is 2.27 bits per heavy atom. The van der Waals surface area contributed by atoms with Crippen LogP contribution in [0, 0.1) is 0 Å². The van der Waals surface area contributed by atoms with E-state index in [1.54, 1.807) is 12.1 Å². The molecule has 2 nitrogen and oxygen atoms in total. The van der Waals surface area contributed by atoms with Crippen LogP contribution in [0.2, 0.25) is 4.34 Å². The lowest BCUT2D eigenvalue weighted by Crippen LogP contribution is -2.33. The molecule has 0 aliphatic carbocycles. The topological polar surface area (TPSA) is 29.1 Å². The first-order valence-corrected chi connectivity index (χ1v) is 6.80. The largest absolute Gasteiger partial charge is 0.349 e. The maximum atomic E-state index is 11.7. The average Bonchev–Trinajstić information content (AvgIpc) is 2.49. The zero-order chi connectivity index (χ0) is 11.4. The van der Waals surface area contributed by atoms with E-state index in [-0.39, 0.29) is 11.9 Å². The molecule has 2 atom stereocenters. The van der Waals surface area contributed by atoms with Gasteiger partial charge in [0.25, 0.3) is 5.91 Å². The minimum absolute atomic E-state index is 0.0486. The summed E-state index contributed by atoms with van der Waals surface area (Å²) in [6, 6.07) is 3.64. The zero-order valence-corrected chi connectivity index (χ0v) is 11.7. The van der Waals surface area contributed by atoms with E-state index in [0.29, 0.717) is 14.0 Å². The Bertz CT molecular complexity index is 340. The normalized spacial score (nSPS) is 14.7. The van der Waals surface area contributed by atoms with Crippen molar-refractivity contribution in [3.63, 3.8) is 0 Å². The molecule has 0 aliphatic rings. The Labute approximate surface area is 107 Å². The van der Waals surface area contributed by atoms with Gasteiger partial charge in [-0.1, -0.05) is 34.5 Å². The van der Waals surface area contributed by atoms with Gasteiger partial charge in [-0.25, -0.2) is 0 Å². The first-order chi connectivity index (χ1) is 6.99. The highest BCUT2D eigenvalue weighted by atomic mass is 79.9. The number of halogens is 2. The van der Waals surface area contributed by atoms with Gasteiger partial charge in [-0.2, -0.15) is 0 Å². The third kappa shape index (κ3) is 4.53. The fourth-order valence-electron chi connectivity index (χ4n) is 1.28. The Morgan fingerprint density at radius 1 is 1.60 bits per heavy atom. The summed E-state index contributed by atoms with van der Waals surface area (Å²) < 4.78 is 0.640. The zero-order valence-electron chi connectivity index (χ0n) is 8.59. The van der Waals surface area contributed by atoms with Crippen molar-refractivity contribution in [2.75, 3.05) is 0 Å². The number of hydrogen-bond donors (Lipinski definition) is 1. The summed E-state index contributed by atoms with van der Waals surface area (Å²) in [5.41, 5.74) is 0. The smallest absolute Gasteiger partial charge is 0.261 e. The van der Waals surface area contributed by atoms with Crippen LogP contribution in [0.1, 0.15) is 29.9 Å². The van der Waals surface area contributed by atoms with E-state index in [2.05, 4.69) is 28.2 Å². The van der Waals surface area contributed by atoms with Crippen molar-refractivity contribution in [2.45, 2.75) is 31.1 Å². The third-order valence-corrected chi connectivity index (χ3v) is 3.46. The molecule has 15 heavy (non-hydrogen) atoms. The minimum atomic E-state index is -0.0486. The first-order valence-electron chi connectivity index (χ1n) is 4.69. The van der Waals surface area contributed by atoms with Gasteiger partial charge in [-0.15, -0.1) is 11.3 Å². The van der Waals surface area contributed by atoms with E-state index in [1.807, 2.05) is 6.92 Å². The van der Waals surface area contributed by atoms with E-state index < -0.39 is 0 Å². The molecule has 1 N–H and O–H groups in total. The van der Waals surface area contributed by atoms with Crippen LogP contribution in [0.25, 0.3) is 0 Å². The molecular weight excluding hydrogens is 298 g/mol. The van der Waals surface area contributed by atoms with Gasteiger partial charge < -0.3 is 5.32 Å². The van der Waals surface area contributed by atoms with Crippen molar-refractivity contribution in [3.05, 3.63) is 21.3 Å². The molecule has 0 bridgehead atoms. The van der Waals surface area contributed by atoms with E-state index in [1.165, 1.54) is 11.3 Å². The summed E-state index contributed by atoms with van der Waals surface area (Å²) in [6.07, 6.45) is 0.908. The number of alkyl halides is 1. The van der Waals surface area contributed by atoms with Crippen LogP contribution >= 0.6 is 38.9 Å². The monoisotopic (exact) mass is 309 g/mol. The van der Waals surface area contributed by atoms with Crippen molar-refractivity contribution in [1.29, 1.82) is 0 Å². The number of hydrogen-bond acceptors (Lipinski definition) is 2. The lowest BCUT2D eigenvalue weighted by atomic mass is 10.2. The van der Waals surface area contributed by atoms with Crippen LogP contribution in [-0.4, -0.2) is 16.8 Å². The first kappa shape index (κ1) is 13.0. The highest BCUT2D eigenvalue weighted by molar-refractivity contribution is 9.09. The number of nitrogens with one attached hydrogen (secondary N) is 1. The van der Waals surface area contributed by atoms with Crippen molar-refractivity contribution < 1.29 is 4.79 Å². The Hall–Kier alpha value is -0.0600. The molecule has 0 aromatic carbocycles. The van der Waals surface area contributed by atoms with Crippen LogP contribution in [0.15, 0.2) is 12.1 Å². The summed E-state index contributed by atoms with van der Waals surface area (Å²) >= 11 is 10.5. The molecule has 1 amide bonds. The van der Waals surface area contributed by atoms with Crippen LogP contribution in [-0.2, 0) is 0 Å². The van der Waals surface area contributed by atoms with Gasteiger partial charge in [0, 0.05) is 10.9 Å². The number of rotatable bonds is 4. The molecule has 1 rings (SSSR count). The van der Waals surface area contributed by atoms with Gasteiger partial charge in [0.1, 0.15) is 0 Å². The van der Waals surface area contributed by atoms with Crippen molar-refractivity contribution in [1.82, 2.24) is 5.32 Å².